The first-order valence-electron chi connectivity index (χ1n) is 9.13. The standard InChI is InChI=1S/C20H32N2O4/c1-7-25-20(24)22-17(8-13(2)3)11-21-18(23)12-26-19-15(5)9-14(4)10-16(19)6/h9-10,13,17H,7-8,11-12H2,1-6H3,(H,21,23)(H,22,24)/t17-/m1/s1. The quantitative estimate of drug-likeness (QED) is 0.705. The number of alkyl carbamates (subject to hydrolysis) is 1. The van der Waals surface area contributed by atoms with Gasteiger partial charge in [0.15, 0.2) is 6.61 Å². The van der Waals surface area contributed by atoms with Gasteiger partial charge in [0.25, 0.3) is 5.91 Å². The smallest absolute Gasteiger partial charge is 0.407 e. The minimum absolute atomic E-state index is 0.0570. The minimum Gasteiger partial charge on any atom is -0.483 e. The van der Waals surface area contributed by atoms with E-state index in [1.54, 1.807) is 6.92 Å². The molecule has 0 fully saturated rings. The van der Waals surface area contributed by atoms with Crippen molar-refractivity contribution in [2.75, 3.05) is 19.8 Å². The van der Waals surface area contributed by atoms with Crippen LogP contribution in [0.25, 0.3) is 0 Å². The molecule has 0 heterocycles. The van der Waals surface area contributed by atoms with E-state index in [0.717, 1.165) is 23.3 Å². The van der Waals surface area contributed by atoms with Crippen LogP contribution in [0, 0.1) is 26.7 Å². The van der Waals surface area contributed by atoms with Gasteiger partial charge in [0.2, 0.25) is 0 Å². The summed E-state index contributed by atoms with van der Waals surface area (Å²) in [5.41, 5.74) is 3.19. The van der Waals surface area contributed by atoms with E-state index in [0.29, 0.717) is 19.1 Å². The zero-order chi connectivity index (χ0) is 19.7. The van der Waals surface area contributed by atoms with Crippen molar-refractivity contribution in [1.29, 1.82) is 0 Å². The summed E-state index contributed by atoms with van der Waals surface area (Å²) < 4.78 is 10.6. The Kier molecular flexibility index (Phi) is 8.96. The van der Waals surface area contributed by atoms with Gasteiger partial charge in [-0.05, 0) is 51.2 Å². The molecule has 6 heteroatoms. The number of rotatable bonds is 9. The van der Waals surface area contributed by atoms with Crippen LogP contribution in [0.15, 0.2) is 12.1 Å². The third kappa shape index (κ3) is 7.76. The molecule has 0 aliphatic rings. The van der Waals surface area contributed by atoms with Crippen LogP contribution in [0.2, 0.25) is 0 Å². The third-order valence-electron chi connectivity index (χ3n) is 3.85. The lowest BCUT2D eigenvalue weighted by Crippen LogP contribution is -2.45. The second-order valence-corrected chi connectivity index (χ2v) is 7.01. The fourth-order valence-electron chi connectivity index (χ4n) is 2.92. The van der Waals surface area contributed by atoms with Crippen molar-refractivity contribution < 1.29 is 19.1 Å². The van der Waals surface area contributed by atoms with Crippen molar-refractivity contribution in [1.82, 2.24) is 10.6 Å². The summed E-state index contributed by atoms with van der Waals surface area (Å²) in [5.74, 6) is 0.908. The van der Waals surface area contributed by atoms with Crippen LogP contribution in [0.5, 0.6) is 5.75 Å². The molecule has 0 spiro atoms. The maximum atomic E-state index is 12.1. The van der Waals surface area contributed by atoms with E-state index in [9.17, 15) is 9.59 Å². The number of carbonyl (C=O) groups excluding carboxylic acids is 2. The first-order chi connectivity index (χ1) is 12.2. The Labute approximate surface area is 156 Å². The van der Waals surface area contributed by atoms with Crippen molar-refractivity contribution in [2.24, 2.45) is 5.92 Å². The molecule has 1 aromatic carbocycles. The molecule has 2 N–H and O–H groups in total. The molecular weight excluding hydrogens is 332 g/mol. The van der Waals surface area contributed by atoms with Gasteiger partial charge in [-0.3, -0.25) is 4.79 Å². The molecule has 0 unspecified atom stereocenters. The fourth-order valence-corrected chi connectivity index (χ4v) is 2.92. The highest BCUT2D eigenvalue weighted by molar-refractivity contribution is 5.77. The number of amides is 2. The van der Waals surface area contributed by atoms with Gasteiger partial charge in [0.05, 0.1) is 6.61 Å². The minimum atomic E-state index is -0.463. The predicted molar refractivity (Wildman–Crippen MR) is 103 cm³/mol. The Hall–Kier alpha value is -2.24. The summed E-state index contributed by atoms with van der Waals surface area (Å²) in [6, 6.07) is 3.88. The van der Waals surface area contributed by atoms with Gasteiger partial charge in [-0.2, -0.15) is 0 Å². The maximum absolute atomic E-state index is 12.1. The molecule has 1 atom stereocenters. The highest BCUT2D eigenvalue weighted by Crippen LogP contribution is 2.24. The second-order valence-electron chi connectivity index (χ2n) is 7.01. The second kappa shape index (κ2) is 10.7. The molecule has 26 heavy (non-hydrogen) atoms. The molecule has 2 amide bonds. The van der Waals surface area contributed by atoms with Crippen molar-refractivity contribution >= 4 is 12.0 Å². The monoisotopic (exact) mass is 364 g/mol. The lowest BCUT2D eigenvalue weighted by atomic mass is 10.0. The summed E-state index contributed by atoms with van der Waals surface area (Å²) in [4.78, 5) is 23.7. The van der Waals surface area contributed by atoms with Gasteiger partial charge in [0.1, 0.15) is 5.75 Å². The van der Waals surface area contributed by atoms with E-state index in [-0.39, 0.29) is 18.6 Å². The molecular formula is C20H32N2O4. The van der Waals surface area contributed by atoms with Crippen LogP contribution in [0.3, 0.4) is 0 Å². The molecule has 1 aromatic rings. The lowest BCUT2D eigenvalue weighted by molar-refractivity contribution is -0.123. The number of nitrogens with one attached hydrogen (secondary N) is 2. The Bertz CT molecular complexity index is 591. The Morgan fingerprint density at radius 2 is 1.73 bits per heavy atom. The van der Waals surface area contributed by atoms with Crippen LogP contribution in [0.1, 0.15) is 43.9 Å². The Morgan fingerprint density at radius 1 is 1.12 bits per heavy atom. The van der Waals surface area contributed by atoms with Gasteiger partial charge in [-0.15, -0.1) is 0 Å². The number of carbonyl (C=O) groups is 2. The summed E-state index contributed by atoms with van der Waals surface area (Å²) in [6.45, 7) is 12.4. The lowest BCUT2D eigenvalue weighted by Gasteiger charge is -2.21. The average molecular weight is 364 g/mol. The normalized spacial score (nSPS) is 11.8. The molecule has 0 aromatic heterocycles. The van der Waals surface area contributed by atoms with E-state index >= 15 is 0 Å². The molecule has 1 rings (SSSR count). The largest absolute Gasteiger partial charge is 0.483 e. The number of ether oxygens (including phenoxy) is 2. The van der Waals surface area contributed by atoms with E-state index in [1.165, 1.54) is 5.56 Å². The van der Waals surface area contributed by atoms with Crippen LogP contribution >= 0.6 is 0 Å². The fraction of sp³-hybridized carbons (Fsp3) is 0.600. The van der Waals surface area contributed by atoms with Crippen LogP contribution in [-0.4, -0.2) is 37.8 Å². The summed E-state index contributed by atoms with van der Waals surface area (Å²) in [7, 11) is 0. The Balaban J connectivity index is 2.53. The Morgan fingerprint density at radius 3 is 2.27 bits per heavy atom. The third-order valence-corrected chi connectivity index (χ3v) is 3.85. The number of hydrogen-bond acceptors (Lipinski definition) is 4. The average Bonchev–Trinajstić information content (AvgIpc) is 2.51. The van der Waals surface area contributed by atoms with Gasteiger partial charge in [0, 0.05) is 12.6 Å². The van der Waals surface area contributed by atoms with E-state index in [1.807, 2.05) is 32.9 Å². The molecule has 0 bridgehead atoms. The van der Waals surface area contributed by atoms with E-state index in [4.69, 9.17) is 9.47 Å². The SMILES string of the molecule is CCOC(=O)N[C@@H](CNC(=O)COc1c(C)cc(C)cc1C)CC(C)C. The summed E-state index contributed by atoms with van der Waals surface area (Å²) in [5, 5.41) is 5.61. The number of hydrogen-bond donors (Lipinski definition) is 2. The molecule has 0 saturated heterocycles. The van der Waals surface area contributed by atoms with E-state index in [2.05, 4.69) is 24.5 Å². The maximum Gasteiger partial charge on any atom is 0.407 e. The van der Waals surface area contributed by atoms with Crippen LogP contribution < -0.4 is 15.4 Å². The number of benzene rings is 1. The van der Waals surface area contributed by atoms with Gasteiger partial charge in [-0.1, -0.05) is 31.5 Å². The highest BCUT2D eigenvalue weighted by atomic mass is 16.5. The zero-order valence-electron chi connectivity index (χ0n) is 16.8. The van der Waals surface area contributed by atoms with Crippen LogP contribution in [0.4, 0.5) is 4.79 Å². The zero-order valence-corrected chi connectivity index (χ0v) is 16.8. The molecule has 146 valence electrons. The van der Waals surface area contributed by atoms with Gasteiger partial charge in [-0.25, -0.2) is 4.79 Å². The van der Waals surface area contributed by atoms with Gasteiger partial charge < -0.3 is 20.1 Å². The molecule has 0 aliphatic heterocycles. The van der Waals surface area contributed by atoms with Crippen molar-refractivity contribution in [3.05, 3.63) is 28.8 Å². The molecule has 0 saturated carbocycles. The molecule has 0 radical (unpaired) electrons. The van der Waals surface area contributed by atoms with Crippen molar-refractivity contribution in [2.45, 2.75) is 54.0 Å². The molecule has 0 aliphatic carbocycles. The highest BCUT2D eigenvalue weighted by Gasteiger charge is 2.16. The topological polar surface area (TPSA) is 76.7 Å². The number of aryl methyl sites for hydroxylation is 3. The van der Waals surface area contributed by atoms with Crippen molar-refractivity contribution in [3.8, 4) is 5.75 Å². The molecule has 6 nitrogen and oxygen atoms in total. The first kappa shape index (κ1) is 21.8. The predicted octanol–water partition coefficient (Wildman–Crippen LogP) is 3.27. The van der Waals surface area contributed by atoms with Crippen molar-refractivity contribution in [3.63, 3.8) is 0 Å². The van der Waals surface area contributed by atoms with Gasteiger partial charge >= 0.3 is 6.09 Å². The summed E-state index contributed by atoms with van der Waals surface area (Å²) in [6.07, 6.45) is 0.283. The van der Waals surface area contributed by atoms with E-state index < -0.39 is 6.09 Å². The summed E-state index contributed by atoms with van der Waals surface area (Å²) >= 11 is 0. The van der Waals surface area contributed by atoms with Crippen LogP contribution in [-0.2, 0) is 9.53 Å². The first-order valence-corrected chi connectivity index (χ1v) is 9.13.